The van der Waals surface area contributed by atoms with Gasteiger partial charge in [0, 0.05) is 21.3 Å². The van der Waals surface area contributed by atoms with Gasteiger partial charge in [-0.15, -0.1) is 0 Å². The number of fused-ring (bicyclic) bond motifs is 2. The molecule has 1 aliphatic heterocycles. The number of hydrogen-bond donors (Lipinski definition) is 3. The van der Waals surface area contributed by atoms with E-state index in [0.717, 1.165) is 0 Å². The zero-order valence-corrected chi connectivity index (χ0v) is 14.9. The van der Waals surface area contributed by atoms with Crippen molar-refractivity contribution in [2.24, 2.45) is 0 Å². The van der Waals surface area contributed by atoms with Gasteiger partial charge in [-0.1, -0.05) is 0 Å². The lowest BCUT2D eigenvalue weighted by atomic mass is 10.1. The van der Waals surface area contributed by atoms with Crippen LogP contribution < -0.4 is 5.56 Å². The summed E-state index contributed by atoms with van der Waals surface area (Å²) in [6, 6.07) is 0. The third kappa shape index (κ3) is 2.32. The van der Waals surface area contributed by atoms with E-state index in [1.165, 1.54) is 38.6 Å². The van der Waals surface area contributed by atoms with Gasteiger partial charge in [-0.25, -0.2) is 9.97 Å². The molecule has 5 atom stereocenters. The lowest BCUT2D eigenvalue weighted by Crippen LogP contribution is -2.38. The molecular weight excluding hydrogens is 364 g/mol. The Hall–Kier alpha value is -1.93. The molecule has 0 spiro atoms. The number of rotatable bonds is 7. The zero-order valence-electron chi connectivity index (χ0n) is 14.9. The number of methoxy groups -OCH3 is 3. The second kappa shape index (κ2) is 6.31. The average molecular weight is 384 g/mol. The van der Waals surface area contributed by atoms with E-state index < -0.39 is 41.7 Å². The first-order chi connectivity index (χ1) is 12.9. The van der Waals surface area contributed by atoms with Crippen molar-refractivity contribution in [1.29, 1.82) is 0 Å². The second-order valence-electron chi connectivity index (χ2n) is 6.39. The summed E-state index contributed by atoms with van der Waals surface area (Å²) in [5.41, 5.74) is -3.64. The van der Waals surface area contributed by atoms with Crippen molar-refractivity contribution in [2.75, 3.05) is 27.9 Å². The first-order valence-corrected chi connectivity index (χ1v) is 8.13. The monoisotopic (exact) mass is 384 g/mol. The number of H-pyrrole nitrogens is 1. The van der Waals surface area contributed by atoms with Crippen LogP contribution in [0.15, 0.2) is 17.4 Å². The molecule has 12 nitrogen and oxygen atoms in total. The zero-order chi connectivity index (χ0) is 19.4. The van der Waals surface area contributed by atoms with E-state index in [0.29, 0.717) is 0 Å². The SMILES string of the molecule is COC(OC)OC[C@H]1O[C@@H](n2cnc3c(=O)[nH]cnc32)[C@@]2(O)C(OC)[C@@]12O. The summed E-state index contributed by atoms with van der Waals surface area (Å²) in [6.45, 7) is -1.10. The van der Waals surface area contributed by atoms with Crippen LogP contribution in [0.3, 0.4) is 0 Å². The van der Waals surface area contributed by atoms with Crippen LogP contribution in [0.2, 0.25) is 0 Å². The maximum Gasteiger partial charge on any atom is 0.278 e. The van der Waals surface area contributed by atoms with Crippen molar-refractivity contribution < 1.29 is 33.9 Å². The van der Waals surface area contributed by atoms with Gasteiger partial charge in [-0.3, -0.25) is 9.36 Å². The second-order valence-corrected chi connectivity index (χ2v) is 6.39. The summed E-state index contributed by atoms with van der Waals surface area (Å²) < 4.78 is 27.8. The van der Waals surface area contributed by atoms with Gasteiger partial charge in [0.25, 0.3) is 12.0 Å². The predicted octanol–water partition coefficient (Wildman–Crippen LogP) is -1.90. The van der Waals surface area contributed by atoms with Crippen molar-refractivity contribution in [3.8, 4) is 0 Å². The highest BCUT2D eigenvalue weighted by atomic mass is 16.8. The van der Waals surface area contributed by atoms with E-state index in [-0.39, 0.29) is 17.8 Å². The molecule has 0 radical (unpaired) electrons. The summed E-state index contributed by atoms with van der Waals surface area (Å²) in [4.78, 5) is 22.4. The third-order valence-corrected chi connectivity index (χ3v) is 5.14. The molecule has 2 aromatic heterocycles. The molecule has 0 amide bonds. The largest absolute Gasteiger partial charge is 0.381 e. The Bertz CT molecular complexity index is 897. The Morgan fingerprint density at radius 3 is 2.70 bits per heavy atom. The van der Waals surface area contributed by atoms with Gasteiger partial charge in [0.2, 0.25) is 0 Å². The number of nitrogens with one attached hydrogen (secondary N) is 1. The summed E-state index contributed by atoms with van der Waals surface area (Å²) in [7, 11) is 4.16. The predicted molar refractivity (Wildman–Crippen MR) is 86.5 cm³/mol. The lowest BCUT2D eigenvalue weighted by Gasteiger charge is -2.25. The van der Waals surface area contributed by atoms with Crippen molar-refractivity contribution in [2.45, 2.75) is 36.1 Å². The van der Waals surface area contributed by atoms with Gasteiger partial charge < -0.3 is 38.9 Å². The number of ether oxygens (including phenoxy) is 5. The van der Waals surface area contributed by atoms with Crippen LogP contribution in [0.25, 0.3) is 11.2 Å². The van der Waals surface area contributed by atoms with E-state index >= 15 is 0 Å². The number of nitrogens with zero attached hydrogens (tertiary/aromatic N) is 3. The maximum atomic E-state index is 11.9. The molecule has 12 heteroatoms. The molecule has 2 fully saturated rings. The van der Waals surface area contributed by atoms with Crippen LogP contribution >= 0.6 is 0 Å². The van der Waals surface area contributed by atoms with Gasteiger partial charge >= 0.3 is 0 Å². The molecule has 1 aliphatic carbocycles. The Kier molecular flexibility index (Phi) is 4.31. The average Bonchev–Trinajstić information content (AvgIpc) is 2.93. The Balaban J connectivity index is 1.68. The maximum absolute atomic E-state index is 11.9. The molecule has 2 aromatic rings. The summed E-state index contributed by atoms with van der Waals surface area (Å²) in [5.74, 6) is 0. The standard InChI is InChI=1S/C15H20N4O8/c1-23-11-14(21)7(4-26-13(24-2)25-3)27-12(15(11,14)22)19-6-18-8-9(19)16-5-17-10(8)20/h5-7,11-13,21-22H,4H2,1-3H3,(H,16,17,20)/t7-,11?,12-,14+,15+/m1/s1. The molecule has 0 bridgehead atoms. The highest BCUT2D eigenvalue weighted by Crippen LogP contribution is 2.64. The molecule has 148 valence electrons. The van der Waals surface area contributed by atoms with Crippen molar-refractivity contribution in [3.63, 3.8) is 0 Å². The fourth-order valence-electron chi connectivity index (χ4n) is 3.81. The minimum atomic E-state index is -1.77. The molecule has 1 unspecified atom stereocenters. The topological polar surface area (TPSA) is 150 Å². The van der Waals surface area contributed by atoms with Crippen LogP contribution in [-0.4, -0.2) is 87.6 Å². The Morgan fingerprint density at radius 1 is 1.30 bits per heavy atom. The normalized spacial score (nSPS) is 35.1. The van der Waals surface area contributed by atoms with Gasteiger partial charge in [0.15, 0.2) is 28.6 Å². The number of aliphatic hydroxyl groups is 2. The number of aromatic nitrogens is 4. The number of imidazole rings is 1. The van der Waals surface area contributed by atoms with Crippen molar-refractivity contribution in [1.82, 2.24) is 19.5 Å². The summed E-state index contributed by atoms with van der Waals surface area (Å²) in [5, 5.41) is 22.1. The number of hydrogen-bond acceptors (Lipinski definition) is 10. The van der Waals surface area contributed by atoms with Gasteiger partial charge in [-0.2, -0.15) is 0 Å². The van der Waals surface area contributed by atoms with Crippen LogP contribution in [0.5, 0.6) is 0 Å². The van der Waals surface area contributed by atoms with Crippen LogP contribution in [0, 0.1) is 0 Å². The Morgan fingerprint density at radius 2 is 2.04 bits per heavy atom. The molecule has 27 heavy (non-hydrogen) atoms. The first-order valence-electron chi connectivity index (χ1n) is 8.13. The van der Waals surface area contributed by atoms with E-state index in [1.807, 2.05) is 0 Å². The van der Waals surface area contributed by atoms with Crippen molar-refractivity contribution >= 4 is 11.2 Å². The molecule has 3 heterocycles. The van der Waals surface area contributed by atoms with Gasteiger partial charge in [0.05, 0.1) is 19.3 Å². The van der Waals surface area contributed by atoms with Crippen molar-refractivity contribution in [3.05, 3.63) is 23.0 Å². The van der Waals surface area contributed by atoms with Crippen LogP contribution in [0.4, 0.5) is 0 Å². The smallest absolute Gasteiger partial charge is 0.278 e. The molecular formula is C15H20N4O8. The Labute approximate surface area is 152 Å². The van der Waals surface area contributed by atoms with E-state index in [9.17, 15) is 15.0 Å². The molecule has 3 N–H and O–H groups in total. The molecule has 1 saturated carbocycles. The molecule has 2 aliphatic rings. The molecule has 1 saturated heterocycles. The van der Waals surface area contributed by atoms with Gasteiger partial charge in [-0.05, 0) is 0 Å². The number of aromatic amines is 1. The quantitative estimate of drug-likeness (QED) is 0.462. The lowest BCUT2D eigenvalue weighted by molar-refractivity contribution is -0.279. The van der Waals surface area contributed by atoms with E-state index in [4.69, 9.17) is 23.7 Å². The molecule has 0 aromatic carbocycles. The van der Waals surface area contributed by atoms with E-state index in [1.54, 1.807) is 0 Å². The fourth-order valence-corrected chi connectivity index (χ4v) is 3.81. The highest BCUT2D eigenvalue weighted by Gasteiger charge is 2.89. The van der Waals surface area contributed by atoms with E-state index in [2.05, 4.69) is 15.0 Å². The third-order valence-electron chi connectivity index (χ3n) is 5.14. The fraction of sp³-hybridized carbons (Fsp3) is 0.667. The van der Waals surface area contributed by atoms with Crippen LogP contribution in [-0.2, 0) is 23.7 Å². The first kappa shape index (κ1) is 18.4. The summed E-state index contributed by atoms with van der Waals surface area (Å²) >= 11 is 0. The van der Waals surface area contributed by atoms with Gasteiger partial charge in [0.1, 0.15) is 12.2 Å². The minimum absolute atomic E-state index is 0.0846. The summed E-state index contributed by atoms with van der Waals surface area (Å²) in [6.07, 6.45) is -0.442. The van der Waals surface area contributed by atoms with Crippen LogP contribution in [0.1, 0.15) is 6.23 Å². The molecule has 4 rings (SSSR count). The highest BCUT2D eigenvalue weighted by molar-refractivity contribution is 5.69. The minimum Gasteiger partial charge on any atom is -0.381 e.